The maximum Gasteiger partial charge on any atom is 0.387 e. The molecule has 1 aromatic rings. The smallest absolute Gasteiger partial charge is 0.387 e. The van der Waals surface area contributed by atoms with Gasteiger partial charge in [0.25, 0.3) is 5.91 Å². The zero-order valence-corrected chi connectivity index (χ0v) is 11.2. The van der Waals surface area contributed by atoms with E-state index in [0.717, 1.165) is 6.42 Å². The molecule has 0 aromatic heterocycles. The molecule has 0 N–H and O–H groups in total. The van der Waals surface area contributed by atoms with Crippen molar-refractivity contribution in [3.63, 3.8) is 0 Å². The minimum atomic E-state index is -2.90. The van der Waals surface area contributed by atoms with Crippen molar-refractivity contribution < 1.29 is 23.0 Å². The van der Waals surface area contributed by atoms with Crippen LogP contribution in [0.4, 0.5) is 8.78 Å². The Bertz CT molecular complexity index is 467. The van der Waals surface area contributed by atoms with E-state index in [-0.39, 0.29) is 17.8 Å². The molecule has 1 aliphatic rings. The number of carbonyl (C=O) groups is 1. The van der Waals surface area contributed by atoms with Crippen LogP contribution in [0.2, 0.25) is 0 Å². The van der Waals surface area contributed by atoms with Crippen LogP contribution in [-0.4, -0.2) is 43.2 Å². The third-order valence-corrected chi connectivity index (χ3v) is 3.19. The first kappa shape index (κ1) is 14.7. The molecule has 1 amide bonds. The van der Waals surface area contributed by atoms with Crippen LogP contribution in [-0.2, 0) is 4.74 Å². The Morgan fingerprint density at radius 3 is 3.05 bits per heavy atom. The number of hydrogen-bond acceptors (Lipinski definition) is 3. The van der Waals surface area contributed by atoms with Crippen LogP contribution in [0.5, 0.6) is 5.75 Å². The summed E-state index contributed by atoms with van der Waals surface area (Å²) in [6.45, 7) is 0.630. The molecule has 1 aliphatic heterocycles. The lowest BCUT2D eigenvalue weighted by molar-refractivity contribution is -0.0499. The summed E-state index contributed by atoms with van der Waals surface area (Å²) < 4.78 is 34.1. The minimum absolute atomic E-state index is 0.00819. The van der Waals surface area contributed by atoms with Gasteiger partial charge in [0.1, 0.15) is 5.75 Å². The van der Waals surface area contributed by atoms with E-state index in [0.29, 0.717) is 25.3 Å². The lowest BCUT2D eigenvalue weighted by atomic mass is 10.1. The van der Waals surface area contributed by atoms with Gasteiger partial charge in [-0.2, -0.15) is 8.78 Å². The molecule has 6 heteroatoms. The standard InChI is InChI=1S/C14H17F2NO3/c1-2-11-9-17(6-7-19-11)13(18)10-4-3-5-12(8-10)20-14(15)16/h3-5,8,11,14H,2,6-7,9H2,1H3/t11-/m0/s1. The molecule has 1 atom stereocenters. The highest BCUT2D eigenvalue weighted by atomic mass is 19.3. The molecule has 2 rings (SSSR count). The molecule has 0 spiro atoms. The molecule has 0 bridgehead atoms. The summed E-state index contributed by atoms with van der Waals surface area (Å²) in [5, 5.41) is 0. The van der Waals surface area contributed by atoms with Gasteiger partial charge in [0, 0.05) is 18.7 Å². The quantitative estimate of drug-likeness (QED) is 0.853. The normalized spacial score (nSPS) is 19.2. The Kier molecular flexibility index (Phi) is 4.89. The van der Waals surface area contributed by atoms with Gasteiger partial charge in [-0.05, 0) is 24.6 Å². The summed E-state index contributed by atoms with van der Waals surface area (Å²) in [5.74, 6) is -0.197. The van der Waals surface area contributed by atoms with Crippen molar-refractivity contribution in [3.8, 4) is 5.75 Å². The maximum atomic E-state index is 12.3. The molecular formula is C14H17F2NO3. The molecule has 1 saturated heterocycles. The Hall–Kier alpha value is -1.69. The number of ether oxygens (including phenoxy) is 2. The monoisotopic (exact) mass is 285 g/mol. The van der Waals surface area contributed by atoms with Crippen molar-refractivity contribution in [2.45, 2.75) is 26.1 Å². The van der Waals surface area contributed by atoms with E-state index < -0.39 is 6.61 Å². The number of alkyl halides is 2. The lowest BCUT2D eigenvalue weighted by Crippen LogP contribution is -2.45. The molecule has 110 valence electrons. The van der Waals surface area contributed by atoms with Crippen LogP contribution in [0.1, 0.15) is 23.7 Å². The lowest BCUT2D eigenvalue weighted by Gasteiger charge is -2.32. The Balaban J connectivity index is 2.08. The molecule has 1 heterocycles. The second-order valence-electron chi connectivity index (χ2n) is 4.56. The predicted molar refractivity (Wildman–Crippen MR) is 69.0 cm³/mol. The van der Waals surface area contributed by atoms with Crippen LogP contribution >= 0.6 is 0 Å². The number of hydrogen-bond donors (Lipinski definition) is 0. The number of morpholine rings is 1. The first-order valence-electron chi connectivity index (χ1n) is 6.56. The average Bonchev–Trinajstić information content (AvgIpc) is 2.46. The van der Waals surface area contributed by atoms with Crippen LogP contribution < -0.4 is 4.74 Å². The van der Waals surface area contributed by atoms with E-state index in [4.69, 9.17) is 4.74 Å². The average molecular weight is 285 g/mol. The van der Waals surface area contributed by atoms with Crippen molar-refractivity contribution in [2.75, 3.05) is 19.7 Å². The van der Waals surface area contributed by atoms with E-state index in [9.17, 15) is 13.6 Å². The molecule has 1 fully saturated rings. The molecule has 0 saturated carbocycles. The fraction of sp³-hybridized carbons (Fsp3) is 0.500. The van der Waals surface area contributed by atoms with E-state index in [1.165, 1.54) is 18.2 Å². The van der Waals surface area contributed by atoms with Crippen LogP contribution in [0.3, 0.4) is 0 Å². The van der Waals surface area contributed by atoms with Gasteiger partial charge in [-0.1, -0.05) is 13.0 Å². The van der Waals surface area contributed by atoms with Gasteiger partial charge in [0.2, 0.25) is 0 Å². The van der Waals surface area contributed by atoms with Crippen LogP contribution in [0.25, 0.3) is 0 Å². The van der Waals surface area contributed by atoms with Crippen LogP contribution in [0.15, 0.2) is 24.3 Å². The number of amides is 1. The van der Waals surface area contributed by atoms with Gasteiger partial charge in [0.15, 0.2) is 0 Å². The molecule has 4 nitrogen and oxygen atoms in total. The second-order valence-corrected chi connectivity index (χ2v) is 4.56. The molecule has 0 aliphatic carbocycles. The van der Waals surface area contributed by atoms with Gasteiger partial charge in [-0.25, -0.2) is 0 Å². The number of rotatable bonds is 4. The fourth-order valence-corrected chi connectivity index (χ4v) is 2.14. The summed E-state index contributed by atoms with van der Waals surface area (Å²) >= 11 is 0. The van der Waals surface area contributed by atoms with Crippen molar-refractivity contribution in [1.82, 2.24) is 4.90 Å². The SMILES string of the molecule is CC[C@H]1CN(C(=O)c2cccc(OC(F)F)c2)CCO1. The topological polar surface area (TPSA) is 38.8 Å². The Morgan fingerprint density at radius 2 is 2.35 bits per heavy atom. The summed E-state index contributed by atoms with van der Waals surface area (Å²) in [5.41, 5.74) is 0.347. The minimum Gasteiger partial charge on any atom is -0.435 e. The summed E-state index contributed by atoms with van der Waals surface area (Å²) in [7, 11) is 0. The highest BCUT2D eigenvalue weighted by Crippen LogP contribution is 2.18. The van der Waals surface area contributed by atoms with Gasteiger partial charge in [-0.15, -0.1) is 0 Å². The van der Waals surface area contributed by atoms with Gasteiger partial charge < -0.3 is 14.4 Å². The third kappa shape index (κ3) is 3.66. The summed E-state index contributed by atoms with van der Waals surface area (Å²) in [4.78, 5) is 14.0. The first-order valence-corrected chi connectivity index (χ1v) is 6.56. The predicted octanol–water partition coefficient (Wildman–Crippen LogP) is 2.54. The van der Waals surface area contributed by atoms with Gasteiger partial charge in [-0.3, -0.25) is 4.79 Å². The van der Waals surface area contributed by atoms with Gasteiger partial charge >= 0.3 is 6.61 Å². The number of nitrogens with zero attached hydrogens (tertiary/aromatic N) is 1. The molecule has 20 heavy (non-hydrogen) atoms. The van der Waals surface area contributed by atoms with Crippen molar-refractivity contribution >= 4 is 5.91 Å². The van der Waals surface area contributed by atoms with Gasteiger partial charge in [0.05, 0.1) is 12.7 Å². The third-order valence-electron chi connectivity index (χ3n) is 3.19. The molecule has 0 unspecified atom stereocenters. The Morgan fingerprint density at radius 1 is 1.55 bits per heavy atom. The fourth-order valence-electron chi connectivity index (χ4n) is 2.14. The number of carbonyl (C=O) groups excluding carboxylic acids is 1. The van der Waals surface area contributed by atoms with Crippen molar-refractivity contribution in [1.29, 1.82) is 0 Å². The van der Waals surface area contributed by atoms with E-state index >= 15 is 0 Å². The second kappa shape index (κ2) is 6.65. The van der Waals surface area contributed by atoms with Crippen molar-refractivity contribution in [3.05, 3.63) is 29.8 Å². The van der Waals surface area contributed by atoms with E-state index in [1.54, 1.807) is 11.0 Å². The van der Waals surface area contributed by atoms with E-state index in [2.05, 4.69) is 4.74 Å². The highest BCUT2D eigenvalue weighted by molar-refractivity contribution is 5.94. The zero-order chi connectivity index (χ0) is 14.5. The zero-order valence-electron chi connectivity index (χ0n) is 11.2. The molecular weight excluding hydrogens is 268 g/mol. The maximum absolute atomic E-state index is 12.3. The molecule has 0 radical (unpaired) electrons. The first-order chi connectivity index (χ1) is 9.60. The number of benzene rings is 1. The van der Waals surface area contributed by atoms with Crippen molar-refractivity contribution in [2.24, 2.45) is 0 Å². The number of halogens is 2. The molecule has 1 aromatic carbocycles. The summed E-state index contributed by atoms with van der Waals surface area (Å²) in [6.07, 6.45) is 0.867. The Labute approximate surface area is 116 Å². The highest BCUT2D eigenvalue weighted by Gasteiger charge is 2.24. The largest absolute Gasteiger partial charge is 0.435 e. The van der Waals surface area contributed by atoms with Crippen LogP contribution in [0, 0.1) is 0 Å². The summed E-state index contributed by atoms with van der Waals surface area (Å²) in [6, 6.07) is 5.86. The van der Waals surface area contributed by atoms with E-state index in [1.807, 2.05) is 6.92 Å².